The van der Waals surface area contributed by atoms with E-state index in [9.17, 15) is 5.11 Å². The van der Waals surface area contributed by atoms with Crippen molar-refractivity contribution in [2.75, 3.05) is 39.5 Å². The predicted octanol–water partition coefficient (Wildman–Crippen LogP) is 1.91. The number of aliphatic hydroxyl groups excluding tert-OH is 1. The number of nitrogens with zero attached hydrogens (tertiary/aromatic N) is 1. The van der Waals surface area contributed by atoms with Crippen LogP contribution >= 0.6 is 0 Å². The molecule has 3 rings (SSSR count). The molecular weight excluding hydrogens is 266 g/mol. The number of fused-ring (bicyclic) bond motifs is 2. The van der Waals surface area contributed by atoms with E-state index in [0.717, 1.165) is 32.2 Å². The summed E-state index contributed by atoms with van der Waals surface area (Å²) >= 11 is 0. The lowest BCUT2D eigenvalue weighted by Gasteiger charge is -2.39. The van der Waals surface area contributed by atoms with Gasteiger partial charge in [0.25, 0.3) is 0 Å². The Labute approximate surface area is 128 Å². The van der Waals surface area contributed by atoms with Crippen LogP contribution in [0, 0.1) is 16.7 Å². The Kier molecular flexibility index (Phi) is 4.34. The van der Waals surface area contributed by atoms with E-state index in [1.807, 2.05) is 0 Å². The van der Waals surface area contributed by atoms with Gasteiger partial charge in [0.1, 0.15) is 0 Å². The van der Waals surface area contributed by atoms with Crippen LogP contribution in [0.3, 0.4) is 0 Å². The van der Waals surface area contributed by atoms with Gasteiger partial charge in [-0.1, -0.05) is 20.8 Å². The molecule has 0 aromatic rings. The Balaban J connectivity index is 1.47. The van der Waals surface area contributed by atoms with Gasteiger partial charge in [0.15, 0.2) is 0 Å². The molecule has 1 N–H and O–H groups in total. The lowest BCUT2D eigenvalue weighted by molar-refractivity contribution is -0.0831. The van der Waals surface area contributed by atoms with Crippen molar-refractivity contribution in [3.8, 4) is 0 Å². The molecule has 4 atom stereocenters. The first-order valence-electron chi connectivity index (χ1n) is 8.53. The lowest BCUT2D eigenvalue weighted by Crippen LogP contribution is -2.43. The molecule has 21 heavy (non-hydrogen) atoms. The highest BCUT2D eigenvalue weighted by Crippen LogP contribution is 2.66. The zero-order chi connectivity index (χ0) is 15.1. The van der Waals surface area contributed by atoms with Crippen molar-refractivity contribution < 1.29 is 14.6 Å². The largest absolute Gasteiger partial charge is 0.389 e. The molecule has 0 aromatic carbocycles. The summed E-state index contributed by atoms with van der Waals surface area (Å²) < 4.78 is 11.5. The average Bonchev–Trinajstić information content (AvgIpc) is 2.79. The molecule has 1 aliphatic heterocycles. The molecule has 3 unspecified atom stereocenters. The minimum absolute atomic E-state index is 0.288. The van der Waals surface area contributed by atoms with Crippen molar-refractivity contribution in [2.45, 2.75) is 52.2 Å². The minimum Gasteiger partial charge on any atom is -0.389 e. The fraction of sp³-hybridized carbons (Fsp3) is 1.00. The van der Waals surface area contributed by atoms with Crippen LogP contribution in [-0.2, 0) is 9.47 Å². The van der Waals surface area contributed by atoms with E-state index in [2.05, 4.69) is 25.7 Å². The third-order valence-corrected chi connectivity index (χ3v) is 6.78. The number of rotatable bonds is 5. The first kappa shape index (κ1) is 15.7. The van der Waals surface area contributed by atoms with Gasteiger partial charge in [0.05, 0.1) is 32.0 Å². The summed E-state index contributed by atoms with van der Waals surface area (Å²) in [6.07, 6.45) is 3.74. The molecule has 3 fully saturated rings. The Morgan fingerprint density at radius 3 is 2.57 bits per heavy atom. The highest BCUT2D eigenvalue weighted by molar-refractivity contribution is 5.11. The monoisotopic (exact) mass is 297 g/mol. The molecule has 0 amide bonds. The summed E-state index contributed by atoms with van der Waals surface area (Å²) in [4.78, 5) is 2.27. The van der Waals surface area contributed by atoms with Crippen LogP contribution in [-0.4, -0.2) is 61.7 Å². The molecule has 0 spiro atoms. The molecule has 2 bridgehead atoms. The molecule has 0 radical (unpaired) electrons. The van der Waals surface area contributed by atoms with Crippen molar-refractivity contribution in [3.05, 3.63) is 0 Å². The number of ether oxygens (including phenoxy) is 2. The SMILES string of the molecule is CC1(C)C2CCC1(C)[C@@H](OCC(O)CN1CCOCC1)C2. The van der Waals surface area contributed by atoms with E-state index in [-0.39, 0.29) is 11.5 Å². The molecule has 1 heterocycles. The van der Waals surface area contributed by atoms with Crippen LogP contribution in [0.15, 0.2) is 0 Å². The van der Waals surface area contributed by atoms with Crippen molar-refractivity contribution >= 4 is 0 Å². The van der Waals surface area contributed by atoms with E-state index >= 15 is 0 Å². The average molecular weight is 297 g/mol. The van der Waals surface area contributed by atoms with Crippen molar-refractivity contribution in [3.63, 3.8) is 0 Å². The summed E-state index contributed by atoms with van der Waals surface area (Å²) in [5, 5.41) is 10.2. The summed E-state index contributed by atoms with van der Waals surface area (Å²) in [7, 11) is 0. The van der Waals surface area contributed by atoms with E-state index in [1.165, 1.54) is 19.3 Å². The van der Waals surface area contributed by atoms with Gasteiger partial charge in [-0.05, 0) is 36.0 Å². The highest BCUT2D eigenvalue weighted by Gasteiger charge is 2.61. The van der Waals surface area contributed by atoms with E-state index in [4.69, 9.17) is 9.47 Å². The summed E-state index contributed by atoms with van der Waals surface area (Å²) in [5.41, 5.74) is 0.670. The number of morpholine rings is 1. The first-order valence-corrected chi connectivity index (χ1v) is 8.53. The van der Waals surface area contributed by atoms with Gasteiger partial charge in [-0.15, -0.1) is 0 Å². The maximum Gasteiger partial charge on any atom is 0.0900 e. The molecule has 4 heteroatoms. The van der Waals surface area contributed by atoms with Gasteiger partial charge in [0, 0.05) is 19.6 Å². The van der Waals surface area contributed by atoms with Crippen LogP contribution in [0.1, 0.15) is 40.0 Å². The maximum atomic E-state index is 10.2. The quantitative estimate of drug-likeness (QED) is 0.842. The van der Waals surface area contributed by atoms with Crippen molar-refractivity contribution in [1.29, 1.82) is 0 Å². The topological polar surface area (TPSA) is 41.9 Å². The highest BCUT2D eigenvalue weighted by atomic mass is 16.5. The molecule has 1 saturated heterocycles. The third kappa shape index (κ3) is 2.76. The van der Waals surface area contributed by atoms with Gasteiger partial charge in [0.2, 0.25) is 0 Å². The molecule has 2 aliphatic carbocycles. The van der Waals surface area contributed by atoms with Crippen LogP contribution in [0.4, 0.5) is 0 Å². The van der Waals surface area contributed by atoms with Gasteiger partial charge < -0.3 is 14.6 Å². The zero-order valence-corrected chi connectivity index (χ0v) is 13.8. The van der Waals surface area contributed by atoms with E-state index in [0.29, 0.717) is 24.7 Å². The van der Waals surface area contributed by atoms with E-state index < -0.39 is 0 Å². The third-order valence-electron chi connectivity index (χ3n) is 6.78. The van der Waals surface area contributed by atoms with Gasteiger partial charge >= 0.3 is 0 Å². The van der Waals surface area contributed by atoms with Crippen molar-refractivity contribution in [1.82, 2.24) is 4.90 Å². The normalized spacial score (nSPS) is 40.6. The number of β-amino-alcohol motifs (C(OH)–C–C–N with tert-alkyl or cyclic N) is 1. The fourth-order valence-corrected chi connectivity index (χ4v) is 4.74. The van der Waals surface area contributed by atoms with Crippen molar-refractivity contribution in [2.24, 2.45) is 16.7 Å². The number of hydrogen-bond donors (Lipinski definition) is 1. The zero-order valence-electron chi connectivity index (χ0n) is 13.8. The molecule has 0 aromatic heterocycles. The second-order valence-corrected chi connectivity index (χ2v) is 8.00. The smallest absolute Gasteiger partial charge is 0.0900 e. The Morgan fingerprint density at radius 2 is 2.00 bits per heavy atom. The van der Waals surface area contributed by atoms with Gasteiger partial charge in [-0.25, -0.2) is 0 Å². The Hall–Kier alpha value is -0.160. The molecule has 4 nitrogen and oxygen atoms in total. The second kappa shape index (κ2) is 5.80. The van der Waals surface area contributed by atoms with Crippen LogP contribution in [0.5, 0.6) is 0 Å². The van der Waals surface area contributed by atoms with Crippen LogP contribution in [0.2, 0.25) is 0 Å². The number of aliphatic hydroxyl groups is 1. The van der Waals surface area contributed by atoms with Gasteiger partial charge in [-0.2, -0.15) is 0 Å². The Morgan fingerprint density at radius 1 is 1.29 bits per heavy atom. The maximum absolute atomic E-state index is 10.2. The minimum atomic E-state index is -0.381. The first-order chi connectivity index (χ1) is 9.93. The van der Waals surface area contributed by atoms with E-state index in [1.54, 1.807) is 0 Å². The van der Waals surface area contributed by atoms with Gasteiger partial charge in [-0.3, -0.25) is 4.90 Å². The number of hydrogen-bond acceptors (Lipinski definition) is 4. The lowest BCUT2D eigenvalue weighted by atomic mass is 9.70. The summed E-state index contributed by atoms with van der Waals surface area (Å²) in [6.45, 7) is 11.8. The van der Waals surface area contributed by atoms with Crippen LogP contribution in [0.25, 0.3) is 0 Å². The Bertz CT molecular complexity index is 367. The summed E-state index contributed by atoms with van der Waals surface area (Å²) in [6, 6.07) is 0. The molecule has 2 saturated carbocycles. The standard InChI is InChI=1S/C17H31NO3/c1-16(2)13-4-5-17(16,3)15(10-13)21-12-14(19)11-18-6-8-20-9-7-18/h13-15,19H,4-12H2,1-3H3/t13?,14?,15-,17?/m0/s1. The molecular formula is C17H31NO3. The molecule has 122 valence electrons. The summed E-state index contributed by atoms with van der Waals surface area (Å²) in [5.74, 6) is 0.795. The fourth-order valence-electron chi connectivity index (χ4n) is 4.74. The van der Waals surface area contributed by atoms with Crippen LogP contribution < -0.4 is 0 Å². The predicted molar refractivity (Wildman–Crippen MR) is 82.2 cm³/mol. The second-order valence-electron chi connectivity index (χ2n) is 8.00. The molecule has 3 aliphatic rings.